The first kappa shape index (κ1) is 15.3. The lowest BCUT2D eigenvalue weighted by molar-refractivity contribution is 0.0696. The van der Waals surface area contributed by atoms with Gasteiger partial charge in [0.05, 0.1) is 5.56 Å². The van der Waals surface area contributed by atoms with Gasteiger partial charge in [0, 0.05) is 16.7 Å². The largest absolute Gasteiger partial charge is 0.478 e. The number of carboxylic acid groups (broad SMARTS) is 1. The second-order valence-electron chi connectivity index (χ2n) is 5.97. The van der Waals surface area contributed by atoms with Crippen LogP contribution in [0.15, 0.2) is 22.7 Å². The molecule has 0 aliphatic carbocycles. The molecule has 1 aliphatic heterocycles. The number of anilines is 1. The van der Waals surface area contributed by atoms with Gasteiger partial charge in [-0.3, -0.25) is 0 Å². The minimum Gasteiger partial charge on any atom is -0.478 e. The zero-order chi connectivity index (χ0) is 14.8. The van der Waals surface area contributed by atoms with Gasteiger partial charge in [-0.2, -0.15) is 0 Å². The highest BCUT2D eigenvalue weighted by molar-refractivity contribution is 9.10. The molecular formula is C15H21BrN2O2. The molecule has 0 unspecified atom stereocenters. The molecule has 2 N–H and O–H groups in total. The van der Waals surface area contributed by atoms with Crippen molar-refractivity contribution < 1.29 is 9.90 Å². The van der Waals surface area contributed by atoms with Crippen LogP contribution in [0.25, 0.3) is 0 Å². The quantitative estimate of drug-likeness (QED) is 0.882. The summed E-state index contributed by atoms with van der Waals surface area (Å²) in [4.78, 5) is 13.3. The minimum atomic E-state index is -0.911. The Morgan fingerprint density at radius 1 is 1.45 bits per heavy atom. The van der Waals surface area contributed by atoms with Crippen molar-refractivity contribution in [1.29, 1.82) is 0 Å². The van der Waals surface area contributed by atoms with Crippen LogP contribution in [0.4, 0.5) is 5.69 Å². The summed E-state index contributed by atoms with van der Waals surface area (Å²) < 4.78 is 0.614. The van der Waals surface area contributed by atoms with Crippen LogP contribution in [0.2, 0.25) is 0 Å². The second kappa shape index (κ2) is 6.14. The number of rotatable bonds is 4. The summed E-state index contributed by atoms with van der Waals surface area (Å²) in [5.41, 5.74) is 1.56. The molecule has 1 saturated heterocycles. The maximum atomic E-state index is 11.0. The molecule has 5 heteroatoms. The van der Waals surface area contributed by atoms with E-state index >= 15 is 0 Å². The lowest BCUT2D eigenvalue weighted by Crippen LogP contribution is -2.40. The van der Waals surface area contributed by atoms with Crippen LogP contribution < -0.4 is 5.32 Å². The number of carboxylic acids is 1. The van der Waals surface area contributed by atoms with E-state index in [9.17, 15) is 4.79 Å². The van der Waals surface area contributed by atoms with Crippen molar-refractivity contribution in [2.24, 2.45) is 5.41 Å². The highest BCUT2D eigenvalue weighted by Gasteiger charge is 2.28. The Bertz CT molecular complexity index is 497. The Balaban J connectivity index is 1.97. The third-order valence-electron chi connectivity index (χ3n) is 4.11. The van der Waals surface area contributed by atoms with Crippen molar-refractivity contribution in [3.63, 3.8) is 0 Å². The molecule has 1 aliphatic rings. The summed E-state index contributed by atoms with van der Waals surface area (Å²) >= 11 is 3.31. The molecule has 0 aromatic heterocycles. The predicted octanol–water partition coefficient (Wildman–Crippen LogP) is 3.29. The van der Waals surface area contributed by atoms with Gasteiger partial charge in [-0.25, -0.2) is 4.79 Å². The van der Waals surface area contributed by atoms with E-state index in [1.54, 1.807) is 6.07 Å². The number of halogens is 1. The van der Waals surface area contributed by atoms with Gasteiger partial charge in [0.1, 0.15) is 0 Å². The second-order valence-corrected chi connectivity index (χ2v) is 6.82. The Morgan fingerprint density at radius 3 is 2.65 bits per heavy atom. The van der Waals surface area contributed by atoms with E-state index in [1.165, 1.54) is 12.8 Å². The van der Waals surface area contributed by atoms with Gasteiger partial charge < -0.3 is 15.3 Å². The molecule has 1 heterocycles. The summed E-state index contributed by atoms with van der Waals surface area (Å²) in [6.07, 6.45) is 2.37. The molecule has 0 atom stereocenters. The topological polar surface area (TPSA) is 52.6 Å². The summed E-state index contributed by atoms with van der Waals surface area (Å²) in [6, 6.07) is 5.29. The van der Waals surface area contributed by atoms with Crippen LogP contribution in [-0.4, -0.2) is 42.7 Å². The molecule has 1 aromatic rings. The van der Waals surface area contributed by atoms with Crippen LogP contribution in [0.1, 0.15) is 30.1 Å². The summed E-state index contributed by atoms with van der Waals surface area (Å²) in [5.74, 6) is -0.911. The van der Waals surface area contributed by atoms with Crippen LogP contribution in [0.5, 0.6) is 0 Å². The predicted molar refractivity (Wildman–Crippen MR) is 84.4 cm³/mol. The summed E-state index contributed by atoms with van der Waals surface area (Å²) in [6.45, 7) is 5.51. The normalized spacial score (nSPS) is 18.8. The average molecular weight is 341 g/mol. The van der Waals surface area contributed by atoms with Crippen LogP contribution >= 0.6 is 15.9 Å². The average Bonchev–Trinajstić information content (AvgIpc) is 2.40. The molecule has 2 rings (SSSR count). The minimum absolute atomic E-state index is 0.293. The van der Waals surface area contributed by atoms with Gasteiger partial charge in [0.25, 0.3) is 0 Å². The molecule has 0 radical (unpaired) electrons. The first-order valence-corrected chi connectivity index (χ1v) is 7.64. The van der Waals surface area contributed by atoms with Gasteiger partial charge >= 0.3 is 5.97 Å². The lowest BCUT2D eigenvalue weighted by Gasteiger charge is -2.38. The molecule has 20 heavy (non-hydrogen) atoms. The summed E-state index contributed by atoms with van der Waals surface area (Å²) in [7, 11) is 2.16. The number of benzene rings is 1. The maximum absolute atomic E-state index is 11.0. The van der Waals surface area contributed by atoms with Crippen LogP contribution in [0.3, 0.4) is 0 Å². The van der Waals surface area contributed by atoms with Crippen molar-refractivity contribution in [3.05, 3.63) is 28.2 Å². The molecule has 0 saturated carbocycles. The van der Waals surface area contributed by atoms with E-state index < -0.39 is 5.97 Å². The number of hydrogen-bond acceptors (Lipinski definition) is 3. The number of carbonyl (C=O) groups is 1. The number of nitrogens with zero attached hydrogens (tertiary/aromatic N) is 1. The SMILES string of the molecule is CN1CCC(C)(CNc2ccc(C(=O)O)c(Br)c2)CC1. The number of piperidine rings is 1. The molecule has 4 nitrogen and oxygen atoms in total. The highest BCUT2D eigenvalue weighted by atomic mass is 79.9. The van der Waals surface area contributed by atoms with Crippen molar-refractivity contribution in [1.82, 2.24) is 4.90 Å². The lowest BCUT2D eigenvalue weighted by atomic mass is 9.80. The smallest absolute Gasteiger partial charge is 0.336 e. The van der Waals surface area contributed by atoms with E-state index in [0.717, 1.165) is 25.3 Å². The Kier molecular flexibility index (Phi) is 4.70. The van der Waals surface area contributed by atoms with Gasteiger partial charge in [-0.05, 0) is 72.5 Å². The van der Waals surface area contributed by atoms with E-state index in [0.29, 0.717) is 15.5 Å². The number of aromatic carboxylic acids is 1. The molecular weight excluding hydrogens is 320 g/mol. The van der Waals surface area contributed by atoms with E-state index in [-0.39, 0.29) is 0 Å². The number of hydrogen-bond donors (Lipinski definition) is 2. The van der Waals surface area contributed by atoms with Crippen molar-refractivity contribution >= 4 is 27.6 Å². The Hall–Kier alpha value is -1.07. The molecule has 1 fully saturated rings. The van der Waals surface area contributed by atoms with Gasteiger partial charge in [0.15, 0.2) is 0 Å². The fraction of sp³-hybridized carbons (Fsp3) is 0.533. The van der Waals surface area contributed by atoms with E-state index in [4.69, 9.17) is 5.11 Å². The van der Waals surface area contributed by atoms with Crippen molar-refractivity contribution in [3.8, 4) is 0 Å². The van der Waals surface area contributed by atoms with Gasteiger partial charge in [-0.15, -0.1) is 0 Å². The zero-order valence-corrected chi connectivity index (χ0v) is 13.5. The van der Waals surface area contributed by atoms with E-state index in [2.05, 4.69) is 40.1 Å². The Labute approximate surface area is 128 Å². The molecule has 1 aromatic carbocycles. The Morgan fingerprint density at radius 2 is 2.10 bits per heavy atom. The molecule has 0 amide bonds. The third kappa shape index (κ3) is 3.73. The molecule has 0 spiro atoms. The van der Waals surface area contributed by atoms with Gasteiger partial charge in [0.2, 0.25) is 0 Å². The maximum Gasteiger partial charge on any atom is 0.336 e. The monoisotopic (exact) mass is 340 g/mol. The van der Waals surface area contributed by atoms with Crippen molar-refractivity contribution in [2.75, 3.05) is 32.0 Å². The first-order valence-electron chi connectivity index (χ1n) is 6.85. The fourth-order valence-corrected chi connectivity index (χ4v) is 3.00. The summed E-state index contributed by atoms with van der Waals surface area (Å²) in [5, 5.41) is 12.4. The standard InChI is InChI=1S/C15H21BrN2O2/c1-15(5-7-18(2)8-6-15)10-17-11-3-4-12(14(19)20)13(16)9-11/h3-4,9,17H,5-8,10H2,1-2H3,(H,19,20). The number of likely N-dealkylation sites (tertiary alicyclic amines) is 1. The van der Waals surface area contributed by atoms with Crippen LogP contribution in [0, 0.1) is 5.41 Å². The third-order valence-corrected chi connectivity index (χ3v) is 4.77. The molecule has 110 valence electrons. The zero-order valence-electron chi connectivity index (χ0n) is 11.9. The van der Waals surface area contributed by atoms with E-state index in [1.807, 2.05) is 12.1 Å². The van der Waals surface area contributed by atoms with Crippen molar-refractivity contribution in [2.45, 2.75) is 19.8 Å². The fourth-order valence-electron chi connectivity index (χ4n) is 2.45. The highest BCUT2D eigenvalue weighted by Crippen LogP contribution is 2.31. The van der Waals surface area contributed by atoms with Gasteiger partial charge in [-0.1, -0.05) is 6.92 Å². The van der Waals surface area contributed by atoms with Crippen LogP contribution in [-0.2, 0) is 0 Å². The number of nitrogens with one attached hydrogen (secondary N) is 1. The first-order chi connectivity index (χ1) is 9.39. The molecule has 0 bridgehead atoms.